The Morgan fingerprint density at radius 3 is 2.44 bits per heavy atom. The van der Waals surface area contributed by atoms with Crippen LogP contribution in [0.3, 0.4) is 0 Å². The molecule has 0 aliphatic carbocycles. The van der Waals surface area contributed by atoms with Crippen LogP contribution in [0.4, 0.5) is 0 Å². The van der Waals surface area contributed by atoms with E-state index in [1.807, 2.05) is 24.3 Å². The number of carbonyl (C=O) groups is 1. The Labute approximate surface area is 152 Å². The number of amides is 1. The Bertz CT molecular complexity index is 751. The molecule has 130 valence electrons. The summed E-state index contributed by atoms with van der Waals surface area (Å²) in [7, 11) is 0. The third kappa shape index (κ3) is 3.97. The summed E-state index contributed by atoms with van der Waals surface area (Å²) in [4.78, 5) is 12.5. The number of fused-ring (bicyclic) bond motifs is 2. The topological polar surface area (TPSA) is 50.4 Å². The molecule has 0 aromatic heterocycles. The van der Waals surface area contributed by atoms with Crippen molar-refractivity contribution in [2.75, 3.05) is 0 Å². The fourth-order valence-electron chi connectivity index (χ4n) is 3.78. The van der Waals surface area contributed by atoms with Gasteiger partial charge < -0.3 is 15.4 Å². The number of hydrogen-bond donors (Lipinski definition) is 2. The lowest BCUT2D eigenvalue weighted by molar-refractivity contribution is 0.0924. The van der Waals surface area contributed by atoms with Crippen molar-refractivity contribution < 1.29 is 9.53 Å². The molecular weight excluding hydrogens is 336 g/mol. The summed E-state index contributed by atoms with van der Waals surface area (Å²) < 4.78 is 5.76. The zero-order chi connectivity index (χ0) is 17.2. The summed E-state index contributed by atoms with van der Waals surface area (Å²) in [5.41, 5.74) is 0.657. The minimum absolute atomic E-state index is 0.0133. The summed E-state index contributed by atoms with van der Waals surface area (Å²) >= 11 is 5.96. The molecule has 1 amide bonds. The second-order valence-electron chi connectivity index (χ2n) is 6.86. The third-order valence-corrected chi connectivity index (χ3v) is 5.19. The van der Waals surface area contributed by atoms with E-state index < -0.39 is 0 Å². The van der Waals surface area contributed by atoms with Gasteiger partial charge in [0.1, 0.15) is 11.5 Å². The van der Waals surface area contributed by atoms with Crippen molar-refractivity contribution in [2.24, 2.45) is 0 Å². The molecule has 2 aliphatic heterocycles. The summed E-state index contributed by atoms with van der Waals surface area (Å²) in [5, 5.41) is 7.40. The van der Waals surface area contributed by atoms with E-state index >= 15 is 0 Å². The van der Waals surface area contributed by atoms with Crippen LogP contribution < -0.4 is 15.4 Å². The second-order valence-corrected chi connectivity index (χ2v) is 7.30. The van der Waals surface area contributed by atoms with Crippen LogP contribution in [-0.4, -0.2) is 24.0 Å². The Kier molecular flexibility index (Phi) is 4.64. The molecule has 2 N–H and O–H groups in total. The molecule has 4 nitrogen and oxygen atoms in total. The normalized spacial score (nSPS) is 24.8. The standard InChI is InChI=1S/C20H21ClN2O2/c21-14-2-1-3-19(10-14)25-18-8-4-13(5-9-18)20(24)23-17-11-15-6-7-16(12-17)22-15/h1-5,8-10,15-17,22H,6-7,11-12H2,(H,23,24). The highest BCUT2D eigenvalue weighted by molar-refractivity contribution is 6.30. The number of benzene rings is 2. The van der Waals surface area contributed by atoms with Crippen LogP contribution in [0, 0.1) is 0 Å². The minimum atomic E-state index is -0.0133. The molecule has 2 heterocycles. The second kappa shape index (κ2) is 7.06. The smallest absolute Gasteiger partial charge is 0.251 e. The quantitative estimate of drug-likeness (QED) is 0.865. The summed E-state index contributed by atoms with van der Waals surface area (Å²) in [6.07, 6.45) is 4.51. The van der Waals surface area contributed by atoms with Gasteiger partial charge in [0.2, 0.25) is 0 Å². The van der Waals surface area contributed by atoms with Crippen LogP contribution >= 0.6 is 11.6 Å². The monoisotopic (exact) mass is 356 g/mol. The summed E-state index contributed by atoms with van der Waals surface area (Å²) in [6.45, 7) is 0. The fourth-order valence-corrected chi connectivity index (χ4v) is 3.97. The lowest BCUT2D eigenvalue weighted by Gasteiger charge is -2.29. The first-order chi connectivity index (χ1) is 12.2. The highest BCUT2D eigenvalue weighted by Gasteiger charge is 2.34. The Morgan fingerprint density at radius 2 is 1.76 bits per heavy atom. The molecule has 25 heavy (non-hydrogen) atoms. The van der Waals surface area contributed by atoms with Gasteiger partial charge in [-0.05, 0) is 68.1 Å². The Balaban J connectivity index is 1.37. The van der Waals surface area contributed by atoms with Crippen LogP contribution in [-0.2, 0) is 0 Å². The number of hydrogen-bond acceptors (Lipinski definition) is 3. The molecule has 2 aromatic rings. The lowest BCUT2D eigenvalue weighted by Crippen LogP contribution is -2.48. The highest BCUT2D eigenvalue weighted by Crippen LogP contribution is 2.27. The maximum absolute atomic E-state index is 12.5. The van der Waals surface area contributed by atoms with Crippen LogP contribution in [0.2, 0.25) is 5.02 Å². The molecule has 4 rings (SSSR count). The molecule has 2 aliphatic rings. The Hall–Kier alpha value is -2.04. The van der Waals surface area contributed by atoms with Crippen LogP contribution in [0.5, 0.6) is 11.5 Å². The average Bonchev–Trinajstić information content (AvgIpc) is 2.94. The zero-order valence-electron chi connectivity index (χ0n) is 13.9. The van der Waals surface area contributed by atoms with Crippen molar-refractivity contribution in [3.8, 4) is 11.5 Å². The van der Waals surface area contributed by atoms with Crippen molar-refractivity contribution in [1.29, 1.82) is 0 Å². The summed E-state index contributed by atoms with van der Waals surface area (Å²) in [5.74, 6) is 1.34. The van der Waals surface area contributed by atoms with Crippen LogP contribution in [0.1, 0.15) is 36.0 Å². The van der Waals surface area contributed by atoms with Gasteiger partial charge in [0.05, 0.1) is 0 Å². The largest absolute Gasteiger partial charge is 0.457 e. The van der Waals surface area contributed by atoms with Gasteiger partial charge in [-0.1, -0.05) is 17.7 Å². The molecule has 0 saturated carbocycles. The molecule has 0 spiro atoms. The van der Waals surface area contributed by atoms with Gasteiger partial charge in [0.15, 0.2) is 0 Å². The predicted octanol–water partition coefficient (Wildman–Crippen LogP) is 4.15. The van der Waals surface area contributed by atoms with Gasteiger partial charge in [-0.3, -0.25) is 4.79 Å². The zero-order valence-corrected chi connectivity index (χ0v) is 14.6. The highest BCUT2D eigenvalue weighted by atomic mass is 35.5. The molecule has 2 atom stereocenters. The van der Waals surface area contributed by atoms with E-state index in [0.717, 1.165) is 12.8 Å². The van der Waals surface area contributed by atoms with E-state index in [9.17, 15) is 4.79 Å². The first kappa shape index (κ1) is 16.4. The molecule has 2 fully saturated rings. The Morgan fingerprint density at radius 1 is 1.04 bits per heavy atom. The van der Waals surface area contributed by atoms with Gasteiger partial charge in [0.25, 0.3) is 5.91 Å². The van der Waals surface area contributed by atoms with Crippen molar-refractivity contribution in [1.82, 2.24) is 10.6 Å². The van der Waals surface area contributed by atoms with Crippen molar-refractivity contribution in [3.63, 3.8) is 0 Å². The maximum atomic E-state index is 12.5. The molecule has 2 saturated heterocycles. The van der Waals surface area contributed by atoms with Gasteiger partial charge in [-0.15, -0.1) is 0 Å². The van der Waals surface area contributed by atoms with E-state index in [1.165, 1.54) is 12.8 Å². The van der Waals surface area contributed by atoms with E-state index in [0.29, 0.717) is 34.2 Å². The molecular formula is C20H21ClN2O2. The molecule has 2 unspecified atom stereocenters. The van der Waals surface area contributed by atoms with Crippen molar-refractivity contribution in [3.05, 3.63) is 59.1 Å². The maximum Gasteiger partial charge on any atom is 0.251 e. The number of nitrogens with one attached hydrogen (secondary N) is 2. The SMILES string of the molecule is O=C(NC1CC2CCC(C1)N2)c1ccc(Oc2cccc(Cl)c2)cc1. The molecule has 5 heteroatoms. The van der Waals surface area contributed by atoms with Gasteiger partial charge >= 0.3 is 0 Å². The number of carbonyl (C=O) groups excluding carboxylic acids is 1. The number of halogens is 1. The molecule has 0 radical (unpaired) electrons. The van der Waals surface area contributed by atoms with Crippen LogP contribution in [0.15, 0.2) is 48.5 Å². The van der Waals surface area contributed by atoms with E-state index in [2.05, 4.69) is 10.6 Å². The first-order valence-electron chi connectivity index (χ1n) is 8.76. The van der Waals surface area contributed by atoms with E-state index in [1.54, 1.807) is 24.3 Å². The fraction of sp³-hybridized carbons (Fsp3) is 0.350. The average molecular weight is 357 g/mol. The van der Waals surface area contributed by atoms with Gasteiger partial charge in [0, 0.05) is 28.7 Å². The van der Waals surface area contributed by atoms with Crippen LogP contribution in [0.25, 0.3) is 0 Å². The minimum Gasteiger partial charge on any atom is -0.457 e. The number of ether oxygens (including phenoxy) is 1. The third-order valence-electron chi connectivity index (χ3n) is 4.96. The molecule has 2 aromatic carbocycles. The van der Waals surface area contributed by atoms with E-state index in [-0.39, 0.29) is 11.9 Å². The summed E-state index contributed by atoms with van der Waals surface area (Å²) in [6, 6.07) is 15.9. The van der Waals surface area contributed by atoms with Crippen molar-refractivity contribution in [2.45, 2.75) is 43.8 Å². The first-order valence-corrected chi connectivity index (χ1v) is 9.14. The van der Waals surface area contributed by atoms with E-state index in [4.69, 9.17) is 16.3 Å². The van der Waals surface area contributed by atoms with Crippen molar-refractivity contribution >= 4 is 17.5 Å². The predicted molar refractivity (Wildman–Crippen MR) is 98.4 cm³/mol. The molecule has 2 bridgehead atoms. The number of rotatable bonds is 4. The van der Waals surface area contributed by atoms with Gasteiger partial charge in [-0.2, -0.15) is 0 Å². The lowest BCUT2D eigenvalue weighted by atomic mass is 9.99. The van der Waals surface area contributed by atoms with Gasteiger partial charge in [-0.25, -0.2) is 0 Å². The number of piperidine rings is 1.